The number of rotatable bonds is 2. The molecule has 0 aromatic carbocycles. The summed E-state index contributed by atoms with van der Waals surface area (Å²) in [6, 6.07) is 2.39. The Hall–Kier alpha value is -1.00. The van der Waals surface area contributed by atoms with Crippen molar-refractivity contribution < 1.29 is 4.79 Å². The molecule has 2 heterocycles. The summed E-state index contributed by atoms with van der Waals surface area (Å²) in [5.41, 5.74) is 0.681. The molecule has 106 valence electrons. The molecule has 1 amide bonds. The highest BCUT2D eigenvalue weighted by atomic mass is 35.5. The molecule has 1 aromatic heterocycles. The van der Waals surface area contributed by atoms with Crippen LogP contribution in [0.5, 0.6) is 0 Å². The highest BCUT2D eigenvalue weighted by Gasteiger charge is 2.31. The Kier molecular flexibility index (Phi) is 4.21. The van der Waals surface area contributed by atoms with E-state index in [1.54, 1.807) is 6.07 Å². The predicted molar refractivity (Wildman–Crippen MR) is 77.8 cm³/mol. The molecule has 0 radical (unpaired) electrons. The van der Waals surface area contributed by atoms with Crippen molar-refractivity contribution >= 4 is 17.5 Å². The minimum Gasteiger partial charge on any atom is -0.339 e. The van der Waals surface area contributed by atoms with Crippen LogP contribution in [0.25, 0.3) is 0 Å². The van der Waals surface area contributed by atoms with Gasteiger partial charge in [0, 0.05) is 37.4 Å². The Morgan fingerprint density at radius 2 is 1.95 bits per heavy atom. The molecule has 0 spiro atoms. The average Bonchev–Trinajstić information content (AvgIpc) is 2.71. The quantitative estimate of drug-likeness (QED) is 0.906. The van der Waals surface area contributed by atoms with Crippen LogP contribution in [0.4, 0.5) is 0 Å². The van der Waals surface area contributed by atoms with Gasteiger partial charge in [0.25, 0.3) is 5.91 Å². The fourth-order valence-electron chi connectivity index (χ4n) is 2.71. The molecule has 1 saturated heterocycles. The Morgan fingerprint density at radius 3 is 2.47 bits per heavy atom. The smallest absolute Gasteiger partial charge is 0.271 e. The lowest BCUT2D eigenvalue weighted by atomic mass is 10.1. The minimum absolute atomic E-state index is 0.0714. The van der Waals surface area contributed by atoms with Gasteiger partial charge in [-0.3, -0.25) is 4.79 Å². The first-order valence-corrected chi connectivity index (χ1v) is 7.20. The molecular weight excluding hydrogens is 262 g/mol. The van der Waals surface area contributed by atoms with Crippen molar-refractivity contribution in [2.24, 2.45) is 0 Å². The van der Waals surface area contributed by atoms with Crippen molar-refractivity contribution in [3.05, 3.63) is 23.0 Å². The zero-order valence-electron chi connectivity index (χ0n) is 12.0. The molecular formula is C14H22ClN3O. The normalized spacial score (nSPS) is 24.0. The van der Waals surface area contributed by atoms with Gasteiger partial charge in [0.15, 0.2) is 0 Å². The molecule has 0 saturated carbocycles. The van der Waals surface area contributed by atoms with Crippen LogP contribution in [0.1, 0.15) is 44.2 Å². The van der Waals surface area contributed by atoms with E-state index < -0.39 is 0 Å². The summed E-state index contributed by atoms with van der Waals surface area (Å²) in [4.78, 5) is 14.7. The summed E-state index contributed by atoms with van der Waals surface area (Å²) in [6.07, 6.45) is 1.83. The highest BCUT2D eigenvalue weighted by Crippen LogP contribution is 2.22. The minimum atomic E-state index is 0.0714. The van der Waals surface area contributed by atoms with Crippen LogP contribution in [-0.4, -0.2) is 40.5 Å². The van der Waals surface area contributed by atoms with E-state index in [1.807, 2.05) is 15.7 Å². The second-order valence-corrected chi connectivity index (χ2v) is 6.05. The topological polar surface area (TPSA) is 37.3 Å². The summed E-state index contributed by atoms with van der Waals surface area (Å²) in [5, 5.41) is 3.95. The number of aromatic nitrogens is 1. The first kappa shape index (κ1) is 14.4. The standard InChI is InChI=1S/C14H22ClN3O/c1-9(2)17-8-12(15)5-13(17)14(19)18-10(3)6-16-7-11(18)4/h5,8-11,16H,6-7H2,1-4H3. The molecule has 1 N–H and O–H groups in total. The van der Waals surface area contributed by atoms with Gasteiger partial charge in [-0.25, -0.2) is 0 Å². The second-order valence-electron chi connectivity index (χ2n) is 5.61. The maximum atomic E-state index is 12.8. The molecule has 1 aromatic rings. The number of carbonyl (C=O) groups excluding carboxylic acids is 1. The van der Waals surface area contributed by atoms with Gasteiger partial charge in [0.1, 0.15) is 5.69 Å². The molecule has 2 atom stereocenters. The van der Waals surface area contributed by atoms with Gasteiger partial charge < -0.3 is 14.8 Å². The summed E-state index contributed by atoms with van der Waals surface area (Å²) in [7, 11) is 0. The first-order valence-electron chi connectivity index (χ1n) is 6.82. The van der Waals surface area contributed by atoms with Gasteiger partial charge in [-0.2, -0.15) is 0 Å². The van der Waals surface area contributed by atoms with E-state index in [0.717, 1.165) is 13.1 Å². The van der Waals surface area contributed by atoms with E-state index in [9.17, 15) is 4.79 Å². The Bertz CT molecular complexity index is 459. The van der Waals surface area contributed by atoms with Crippen molar-refractivity contribution in [3.8, 4) is 0 Å². The molecule has 19 heavy (non-hydrogen) atoms. The fourth-order valence-corrected chi connectivity index (χ4v) is 2.92. The van der Waals surface area contributed by atoms with Crippen molar-refractivity contribution in [2.75, 3.05) is 13.1 Å². The lowest BCUT2D eigenvalue weighted by Crippen LogP contribution is -2.57. The number of hydrogen-bond acceptors (Lipinski definition) is 2. The lowest BCUT2D eigenvalue weighted by Gasteiger charge is -2.39. The number of amides is 1. The van der Waals surface area contributed by atoms with E-state index >= 15 is 0 Å². The molecule has 1 aliphatic rings. The van der Waals surface area contributed by atoms with Gasteiger partial charge in [-0.15, -0.1) is 0 Å². The number of carbonyl (C=O) groups is 1. The van der Waals surface area contributed by atoms with Gasteiger partial charge in [0.05, 0.1) is 5.02 Å². The molecule has 2 rings (SSSR count). The van der Waals surface area contributed by atoms with E-state index in [0.29, 0.717) is 10.7 Å². The third-order valence-corrected chi connectivity index (χ3v) is 3.86. The van der Waals surface area contributed by atoms with Gasteiger partial charge in [-0.1, -0.05) is 11.6 Å². The number of piperazine rings is 1. The number of halogens is 1. The summed E-state index contributed by atoms with van der Waals surface area (Å²) in [5.74, 6) is 0.0714. The van der Waals surface area contributed by atoms with Gasteiger partial charge in [-0.05, 0) is 33.8 Å². The van der Waals surface area contributed by atoms with Crippen molar-refractivity contribution in [1.82, 2.24) is 14.8 Å². The molecule has 0 bridgehead atoms. The van der Waals surface area contributed by atoms with E-state index in [4.69, 9.17) is 11.6 Å². The van der Waals surface area contributed by atoms with Crippen LogP contribution in [0.15, 0.2) is 12.3 Å². The second kappa shape index (κ2) is 5.55. The van der Waals surface area contributed by atoms with E-state index in [-0.39, 0.29) is 24.0 Å². The van der Waals surface area contributed by atoms with Crippen LogP contribution in [0.3, 0.4) is 0 Å². The summed E-state index contributed by atoms with van der Waals surface area (Å²) >= 11 is 6.06. The van der Waals surface area contributed by atoms with Crippen molar-refractivity contribution in [1.29, 1.82) is 0 Å². The Balaban J connectivity index is 2.33. The van der Waals surface area contributed by atoms with Crippen molar-refractivity contribution in [2.45, 2.75) is 45.8 Å². The summed E-state index contributed by atoms with van der Waals surface area (Å²) in [6.45, 7) is 9.93. The lowest BCUT2D eigenvalue weighted by molar-refractivity contribution is 0.0531. The monoisotopic (exact) mass is 283 g/mol. The van der Waals surface area contributed by atoms with Crippen LogP contribution in [0, 0.1) is 0 Å². The Morgan fingerprint density at radius 1 is 1.37 bits per heavy atom. The maximum absolute atomic E-state index is 12.8. The molecule has 4 nitrogen and oxygen atoms in total. The molecule has 0 aliphatic carbocycles. The maximum Gasteiger partial charge on any atom is 0.271 e. The van der Waals surface area contributed by atoms with Crippen molar-refractivity contribution in [3.63, 3.8) is 0 Å². The third kappa shape index (κ3) is 2.79. The van der Waals surface area contributed by atoms with Crippen LogP contribution in [0.2, 0.25) is 5.02 Å². The average molecular weight is 284 g/mol. The van der Waals surface area contributed by atoms with E-state index in [2.05, 4.69) is 33.0 Å². The molecule has 2 unspecified atom stereocenters. The van der Waals surface area contributed by atoms with Gasteiger partial charge >= 0.3 is 0 Å². The molecule has 1 fully saturated rings. The zero-order chi connectivity index (χ0) is 14.2. The zero-order valence-corrected chi connectivity index (χ0v) is 12.7. The van der Waals surface area contributed by atoms with E-state index in [1.165, 1.54) is 0 Å². The SMILES string of the molecule is CC1CNCC(C)N1C(=O)c1cc(Cl)cn1C(C)C. The fraction of sp³-hybridized carbons (Fsp3) is 0.643. The molecule has 1 aliphatic heterocycles. The van der Waals surface area contributed by atoms with Crippen LogP contribution in [-0.2, 0) is 0 Å². The van der Waals surface area contributed by atoms with Gasteiger partial charge in [0.2, 0.25) is 0 Å². The highest BCUT2D eigenvalue weighted by molar-refractivity contribution is 6.31. The first-order chi connectivity index (χ1) is 8.91. The number of nitrogens with one attached hydrogen (secondary N) is 1. The Labute approximate surface area is 119 Å². The number of hydrogen-bond donors (Lipinski definition) is 1. The van der Waals surface area contributed by atoms with Crippen LogP contribution >= 0.6 is 11.6 Å². The van der Waals surface area contributed by atoms with Crippen LogP contribution < -0.4 is 5.32 Å². The largest absolute Gasteiger partial charge is 0.339 e. The third-order valence-electron chi connectivity index (χ3n) is 3.65. The number of nitrogens with zero attached hydrogens (tertiary/aromatic N) is 2. The molecule has 5 heteroatoms. The summed E-state index contributed by atoms with van der Waals surface area (Å²) < 4.78 is 1.95. The predicted octanol–water partition coefficient (Wildman–Crippen LogP) is 2.54.